The van der Waals surface area contributed by atoms with Gasteiger partial charge in [-0.3, -0.25) is 4.79 Å². The van der Waals surface area contributed by atoms with Gasteiger partial charge >= 0.3 is 5.97 Å². The summed E-state index contributed by atoms with van der Waals surface area (Å²) in [6.45, 7) is 2.10. The van der Waals surface area contributed by atoms with Crippen molar-refractivity contribution >= 4 is 5.97 Å². The molecule has 0 fully saturated rings. The van der Waals surface area contributed by atoms with Gasteiger partial charge in [0.1, 0.15) is 0 Å². The van der Waals surface area contributed by atoms with Gasteiger partial charge in [0.25, 0.3) is 0 Å². The molecule has 0 spiro atoms. The monoisotopic (exact) mass is 179 g/mol. The molecule has 0 aliphatic carbocycles. The number of carboxylic acids is 1. The largest absolute Gasteiger partial charge is 0.481 e. The number of hydrogen-bond donors (Lipinski definition) is 2. The van der Waals surface area contributed by atoms with Gasteiger partial charge in [-0.15, -0.1) is 0 Å². The highest BCUT2D eigenvalue weighted by molar-refractivity contribution is 5.76. The number of aliphatic carboxylic acids is 1. The zero-order valence-corrected chi connectivity index (χ0v) is 7.53. The van der Waals surface area contributed by atoms with Crippen LogP contribution in [-0.2, 0) is 4.79 Å². The number of carboxylic acid groups (broad SMARTS) is 1. The second kappa shape index (κ2) is 4.05. The van der Waals surface area contributed by atoms with Crippen molar-refractivity contribution in [3.63, 3.8) is 0 Å². The molecule has 3 heteroatoms. The summed E-state index contributed by atoms with van der Waals surface area (Å²) in [5.41, 5.74) is 7.24. The van der Waals surface area contributed by atoms with Gasteiger partial charge in [0.05, 0.1) is 5.92 Å². The van der Waals surface area contributed by atoms with Gasteiger partial charge in [-0.1, -0.05) is 29.8 Å². The Morgan fingerprint density at radius 1 is 1.46 bits per heavy atom. The van der Waals surface area contributed by atoms with Crippen molar-refractivity contribution in [1.29, 1.82) is 0 Å². The molecular formula is C10H13NO2. The second-order valence-corrected chi connectivity index (χ2v) is 3.04. The van der Waals surface area contributed by atoms with Crippen LogP contribution in [0.15, 0.2) is 24.3 Å². The van der Waals surface area contributed by atoms with Crippen LogP contribution in [0.2, 0.25) is 0 Å². The van der Waals surface area contributed by atoms with Crippen LogP contribution in [-0.4, -0.2) is 17.6 Å². The summed E-state index contributed by atoms with van der Waals surface area (Å²) in [5, 5.41) is 8.82. The molecule has 1 aromatic rings. The number of hydrogen-bond acceptors (Lipinski definition) is 2. The third-order valence-electron chi connectivity index (χ3n) is 2.01. The van der Waals surface area contributed by atoms with Crippen LogP contribution in [0.5, 0.6) is 0 Å². The molecular weight excluding hydrogens is 166 g/mol. The van der Waals surface area contributed by atoms with Gasteiger partial charge in [0, 0.05) is 6.54 Å². The van der Waals surface area contributed by atoms with Gasteiger partial charge in [0.2, 0.25) is 0 Å². The van der Waals surface area contributed by atoms with E-state index in [2.05, 4.69) is 0 Å². The van der Waals surface area contributed by atoms with Gasteiger partial charge in [-0.05, 0) is 12.5 Å². The summed E-state index contributed by atoms with van der Waals surface area (Å²) in [6, 6.07) is 7.39. The molecule has 3 nitrogen and oxygen atoms in total. The molecule has 0 heterocycles. The minimum absolute atomic E-state index is 0.137. The average Bonchev–Trinajstić information content (AvgIpc) is 2.09. The normalized spacial score (nSPS) is 12.5. The summed E-state index contributed by atoms with van der Waals surface area (Å²) in [4.78, 5) is 10.7. The summed E-state index contributed by atoms with van der Waals surface area (Å²) in [5.74, 6) is -1.45. The van der Waals surface area contributed by atoms with Crippen molar-refractivity contribution in [1.82, 2.24) is 0 Å². The minimum atomic E-state index is -0.869. The smallest absolute Gasteiger partial charge is 0.312 e. The second-order valence-electron chi connectivity index (χ2n) is 3.04. The van der Waals surface area contributed by atoms with Crippen LogP contribution < -0.4 is 5.73 Å². The van der Waals surface area contributed by atoms with Crippen molar-refractivity contribution in [2.45, 2.75) is 12.8 Å². The first-order chi connectivity index (χ1) is 6.15. The predicted octanol–water partition coefficient (Wildman–Crippen LogP) is 1.12. The highest BCUT2D eigenvalue weighted by Crippen LogP contribution is 2.15. The topological polar surface area (TPSA) is 63.3 Å². The Morgan fingerprint density at radius 2 is 2.00 bits per heavy atom. The number of carbonyl (C=O) groups is 1. The Hall–Kier alpha value is -1.35. The number of nitrogens with two attached hydrogens (primary N) is 1. The van der Waals surface area contributed by atoms with Gasteiger partial charge in [-0.25, -0.2) is 0 Å². The molecule has 0 aromatic heterocycles. The average molecular weight is 179 g/mol. The molecule has 0 saturated heterocycles. The molecule has 0 radical (unpaired) electrons. The van der Waals surface area contributed by atoms with Crippen molar-refractivity contribution < 1.29 is 9.90 Å². The molecule has 3 N–H and O–H groups in total. The van der Waals surface area contributed by atoms with Crippen molar-refractivity contribution in [2.24, 2.45) is 5.73 Å². The van der Waals surface area contributed by atoms with Crippen LogP contribution >= 0.6 is 0 Å². The number of benzene rings is 1. The van der Waals surface area contributed by atoms with Crippen molar-refractivity contribution in [3.05, 3.63) is 35.4 Å². The molecule has 0 aliphatic heterocycles. The Morgan fingerprint density at radius 3 is 2.38 bits per heavy atom. The molecule has 0 aliphatic rings. The van der Waals surface area contributed by atoms with E-state index in [1.807, 2.05) is 19.1 Å². The van der Waals surface area contributed by atoms with E-state index in [0.717, 1.165) is 11.1 Å². The third kappa shape index (κ3) is 2.29. The summed E-state index contributed by atoms with van der Waals surface area (Å²) in [7, 11) is 0. The van der Waals surface area contributed by atoms with E-state index in [1.54, 1.807) is 12.1 Å². The Balaban J connectivity index is 2.92. The maximum atomic E-state index is 10.7. The highest BCUT2D eigenvalue weighted by Gasteiger charge is 2.16. The molecule has 0 unspecified atom stereocenters. The van der Waals surface area contributed by atoms with Crippen LogP contribution in [0.25, 0.3) is 0 Å². The van der Waals surface area contributed by atoms with Crippen LogP contribution in [0.1, 0.15) is 17.0 Å². The lowest BCUT2D eigenvalue weighted by Gasteiger charge is -2.09. The fourth-order valence-electron chi connectivity index (χ4n) is 1.18. The lowest BCUT2D eigenvalue weighted by atomic mass is 9.99. The SMILES string of the molecule is Cc1ccc([C@@H](CN)C(=O)O)cc1. The first-order valence-electron chi connectivity index (χ1n) is 4.14. The van der Waals surface area contributed by atoms with Gasteiger partial charge < -0.3 is 10.8 Å². The minimum Gasteiger partial charge on any atom is -0.481 e. The van der Waals surface area contributed by atoms with E-state index in [0.29, 0.717) is 0 Å². The lowest BCUT2D eigenvalue weighted by Crippen LogP contribution is -2.20. The van der Waals surface area contributed by atoms with E-state index < -0.39 is 11.9 Å². The van der Waals surface area contributed by atoms with E-state index in [-0.39, 0.29) is 6.54 Å². The molecule has 0 saturated carbocycles. The first kappa shape index (κ1) is 9.74. The van der Waals surface area contributed by atoms with Crippen molar-refractivity contribution in [3.8, 4) is 0 Å². The number of aryl methyl sites for hydroxylation is 1. The summed E-state index contributed by atoms with van der Waals surface area (Å²) >= 11 is 0. The molecule has 1 aromatic carbocycles. The van der Waals surface area contributed by atoms with Crippen LogP contribution in [0, 0.1) is 6.92 Å². The maximum Gasteiger partial charge on any atom is 0.312 e. The third-order valence-corrected chi connectivity index (χ3v) is 2.01. The zero-order valence-electron chi connectivity index (χ0n) is 7.53. The zero-order chi connectivity index (χ0) is 9.84. The Labute approximate surface area is 77.2 Å². The molecule has 0 bridgehead atoms. The van der Waals surface area contributed by atoms with Gasteiger partial charge in [-0.2, -0.15) is 0 Å². The molecule has 0 amide bonds. The summed E-state index contributed by atoms with van der Waals surface area (Å²) in [6.07, 6.45) is 0. The van der Waals surface area contributed by atoms with Crippen LogP contribution in [0.3, 0.4) is 0 Å². The summed E-state index contributed by atoms with van der Waals surface area (Å²) < 4.78 is 0. The van der Waals surface area contributed by atoms with E-state index in [1.165, 1.54) is 0 Å². The lowest BCUT2D eigenvalue weighted by molar-refractivity contribution is -0.138. The van der Waals surface area contributed by atoms with Gasteiger partial charge in [0.15, 0.2) is 0 Å². The Kier molecular flexibility index (Phi) is 3.03. The Bertz CT molecular complexity index is 292. The molecule has 1 rings (SSSR count). The van der Waals surface area contributed by atoms with E-state index >= 15 is 0 Å². The standard InChI is InChI=1S/C10H13NO2/c1-7-2-4-8(5-3-7)9(6-11)10(12)13/h2-5,9H,6,11H2,1H3,(H,12,13)/t9-/m1/s1. The fraction of sp³-hybridized carbons (Fsp3) is 0.300. The fourth-order valence-corrected chi connectivity index (χ4v) is 1.18. The predicted molar refractivity (Wildman–Crippen MR) is 50.6 cm³/mol. The molecule has 13 heavy (non-hydrogen) atoms. The maximum absolute atomic E-state index is 10.7. The number of rotatable bonds is 3. The highest BCUT2D eigenvalue weighted by atomic mass is 16.4. The quantitative estimate of drug-likeness (QED) is 0.730. The molecule has 70 valence electrons. The molecule has 1 atom stereocenters. The first-order valence-corrected chi connectivity index (χ1v) is 4.14. The van der Waals surface area contributed by atoms with Crippen LogP contribution in [0.4, 0.5) is 0 Å². The van der Waals surface area contributed by atoms with E-state index in [4.69, 9.17) is 10.8 Å². The van der Waals surface area contributed by atoms with E-state index in [9.17, 15) is 4.79 Å². The van der Waals surface area contributed by atoms with Crippen molar-refractivity contribution in [2.75, 3.05) is 6.54 Å².